The summed E-state index contributed by atoms with van der Waals surface area (Å²) in [6, 6.07) is 3.34. The average molecular weight is 244 g/mol. The lowest BCUT2D eigenvalue weighted by molar-refractivity contribution is -0.637. The molecule has 0 saturated carbocycles. The van der Waals surface area contributed by atoms with Crippen molar-refractivity contribution in [1.29, 1.82) is 0 Å². The summed E-state index contributed by atoms with van der Waals surface area (Å²) < 4.78 is 30.9. The molecule has 0 saturated heterocycles. The molecule has 1 unspecified atom stereocenters. The maximum Gasteiger partial charge on any atom is 0.482 e. The molecule has 0 amide bonds. The molecule has 1 aromatic carbocycles. The number of fused-ring (bicyclic) bond motifs is 1. The summed E-state index contributed by atoms with van der Waals surface area (Å²) in [6.45, 7) is 0. The summed E-state index contributed by atoms with van der Waals surface area (Å²) >= 11 is 0. The van der Waals surface area contributed by atoms with Gasteiger partial charge < -0.3 is 4.74 Å². The van der Waals surface area contributed by atoms with E-state index in [9.17, 15) is 18.4 Å². The molecule has 0 aliphatic carbocycles. The van der Waals surface area contributed by atoms with Gasteiger partial charge in [0, 0.05) is 12.1 Å². The lowest BCUT2D eigenvalue weighted by atomic mass is 10.1. The lowest BCUT2D eigenvalue weighted by Crippen LogP contribution is -2.52. The number of hydrogen-bond donors (Lipinski definition) is 1. The first kappa shape index (κ1) is 10.9. The molecule has 3 N–H and O–H groups in total. The Kier molecular flexibility index (Phi) is 2.35. The second-order valence-corrected chi connectivity index (χ2v) is 4.57. The van der Waals surface area contributed by atoms with Crippen LogP contribution in [-0.4, -0.2) is 11.9 Å². The first-order chi connectivity index (χ1) is 7.45. The van der Waals surface area contributed by atoms with E-state index in [1.165, 1.54) is 6.07 Å². The van der Waals surface area contributed by atoms with Crippen molar-refractivity contribution in [1.82, 2.24) is 0 Å². The molecule has 83 valence electrons. The third kappa shape index (κ3) is 1.53. The normalized spacial score (nSPS) is 17.9. The molecule has 0 spiro atoms. The Hall–Kier alpha value is -1.61. The first-order valence-corrected chi connectivity index (χ1v) is 5.46. The molecule has 8 heteroatoms. The Balaban J connectivity index is 2.57. The topological polar surface area (TPSA) is 117 Å². The van der Waals surface area contributed by atoms with E-state index in [0.717, 1.165) is 12.1 Å². The van der Waals surface area contributed by atoms with Gasteiger partial charge in [-0.2, -0.15) is 5.90 Å². The van der Waals surface area contributed by atoms with Crippen LogP contribution in [0.15, 0.2) is 23.1 Å². The van der Waals surface area contributed by atoms with Crippen molar-refractivity contribution in [3.63, 3.8) is 0 Å². The minimum absolute atomic E-state index is 0.0352. The quantitative estimate of drug-likeness (QED) is 0.319. The fourth-order valence-corrected chi connectivity index (χ4v) is 1.92. The predicted octanol–water partition coefficient (Wildman–Crippen LogP) is -0.710. The summed E-state index contributed by atoms with van der Waals surface area (Å²) in [4.78, 5) is 22.0. The van der Waals surface area contributed by atoms with E-state index in [1.54, 1.807) is 0 Å². The molecule has 0 aromatic heterocycles. The molecule has 0 bridgehead atoms. The zero-order chi connectivity index (χ0) is 11.9. The molecule has 1 radical (unpaired) electrons. The van der Waals surface area contributed by atoms with Crippen LogP contribution >= 0.6 is 0 Å². The van der Waals surface area contributed by atoms with E-state index < -0.39 is 22.4 Å². The van der Waals surface area contributed by atoms with E-state index in [1.807, 2.05) is 0 Å². The molecule has 1 atom stereocenters. The molecular weight excluding hydrogens is 238 g/mol. The van der Waals surface area contributed by atoms with Crippen LogP contribution < -0.4 is 5.90 Å². The van der Waals surface area contributed by atoms with E-state index in [-0.39, 0.29) is 16.0 Å². The fourth-order valence-electron chi connectivity index (χ4n) is 1.29. The SMILES string of the molecule is [NH3+]O[S+]([O])(=O)c1ccc2c(c1)C(=O)OC2=O. The summed E-state index contributed by atoms with van der Waals surface area (Å²) in [5.41, 5.74) is -0.0591. The molecule has 16 heavy (non-hydrogen) atoms. The van der Waals surface area contributed by atoms with Crippen molar-refractivity contribution in [3.8, 4) is 0 Å². The van der Waals surface area contributed by atoms with Crippen LogP contribution in [0.4, 0.5) is 0 Å². The minimum atomic E-state index is -3.99. The van der Waals surface area contributed by atoms with Gasteiger partial charge in [-0.3, -0.25) is 0 Å². The highest BCUT2D eigenvalue weighted by molar-refractivity contribution is 7.92. The number of ether oxygens (including phenoxy) is 1. The molecule has 2 rings (SSSR count). The van der Waals surface area contributed by atoms with Crippen LogP contribution in [0.5, 0.6) is 0 Å². The van der Waals surface area contributed by atoms with E-state index in [4.69, 9.17) is 0 Å². The van der Waals surface area contributed by atoms with Gasteiger partial charge in [0.25, 0.3) is 0 Å². The van der Waals surface area contributed by atoms with Crippen LogP contribution in [0.2, 0.25) is 0 Å². The standard InChI is InChI=1S/C8H6NO6S/c9-15-16(12,13)4-1-2-5-6(3-4)8(11)14-7(5)10/h1-3H,9H3/q+2. The predicted molar refractivity (Wildman–Crippen MR) is 47.2 cm³/mol. The van der Waals surface area contributed by atoms with Crippen molar-refractivity contribution < 1.29 is 33.3 Å². The number of carbonyl (C=O) groups excluding carboxylic acids is 2. The second-order valence-electron chi connectivity index (χ2n) is 2.96. The Morgan fingerprint density at radius 1 is 1.19 bits per heavy atom. The van der Waals surface area contributed by atoms with Gasteiger partial charge in [0.15, 0.2) is 0 Å². The van der Waals surface area contributed by atoms with E-state index >= 15 is 0 Å². The third-order valence-corrected chi connectivity index (χ3v) is 3.20. The van der Waals surface area contributed by atoms with E-state index in [0.29, 0.717) is 0 Å². The first-order valence-electron chi connectivity index (χ1n) is 4.05. The van der Waals surface area contributed by atoms with Crippen LogP contribution in [0.3, 0.4) is 0 Å². The summed E-state index contributed by atoms with van der Waals surface area (Å²) in [5.74, 6) is 1.12. The van der Waals surface area contributed by atoms with Gasteiger partial charge in [-0.25, -0.2) is 9.59 Å². The smallest absolute Gasteiger partial charge is 0.386 e. The number of benzene rings is 1. The number of rotatable bonds is 2. The Labute approximate surface area is 90.6 Å². The van der Waals surface area contributed by atoms with Gasteiger partial charge >= 0.3 is 22.4 Å². The highest BCUT2D eigenvalue weighted by Gasteiger charge is 2.40. The van der Waals surface area contributed by atoms with Crippen molar-refractivity contribution in [3.05, 3.63) is 29.3 Å². The highest BCUT2D eigenvalue weighted by Crippen LogP contribution is 2.25. The van der Waals surface area contributed by atoms with Gasteiger partial charge in [0.1, 0.15) is 0 Å². The van der Waals surface area contributed by atoms with Crippen LogP contribution in [0.1, 0.15) is 20.7 Å². The lowest BCUT2D eigenvalue weighted by Gasteiger charge is -1.95. The molecule has 1 heterocycles. The molecule has 1 aliphatic rings. The third-order valence-electron chi connectivity index (χ3n) is 2.06. The van der Waals surface area contributed by atoms with Gasteiger partial charge in [0.2, 0.25) is 4.90 Å². The Morgan fingerprint density at radius 3 is 2.44 bits per heavy atom. The summed E-state index contributed by atoms with van der Waals surface area (Å²) in [5, 5.41) is 0. The zero-order valence-corrected chi connectivity index (χ0v) is 8.61. The van der Waals surface area contributed by atoms with Crippen molar-refractivity contribution in [2.45, 2.75) is 4.90 Å². The molecule has 7 nitrogen and oxygen atoms in total. The maximum atomic E-state index is 11.3. The van der Waals surface area contributed by atoms with E-state index in [2.05, 4.69) is 14.9 Å². The number of carbonyl (C=O) groups is 2. The molecule has 1 aliphatic heterocycles. The number of cyclic esters (lactones) is 2. The van der Waals surface area contributed by atoms with Gasteiger partial charge in [-0.05, 0) is 10.3 Å². The minimum Gasteiger partial charge on any atom is -0.386 e. The summed E-state index contributed by atoms with van der Waals surface area (Å²) in [6.07, 6.45) is 0. The Morgan fingerprint density at radius 2 is 1.81 bits per heavy atom. The molecule has 0 fully saturated rings. The zero-order valence-electron chi connectivity index (χ0n) is 7.80. The number of esters is 2. The van der Waals surface area contributed by atoms with Crippen LogP contribution in [0.25, 0.3) is 0 Å². The molecule has 1 aromatic rings. The Bertz CT molecular complexity index is 539. The van der Waals surface area contributed by atoms with Crippen LogP contribution in [-0.2, 0) is 28.3 Å². The van der Waals surface area contributed by atoms with Crippen LogP contribution in [0, 0.1) is 0 Å². The number of hydrogen-bond acceptors (Lipinski definition) is 5. The fraction of sp³-hybridized carbons (Fsp3) is 0. The van der Waals surface area contributed by atoms with Crippen molar-refractivity contribution in [2.75, 3.05) is 0 Å². The average Bonchev–Trinajstić information content (AvgIpc) is 2.54. The monoisotopic (exact) mass is 244 g/mol. The van der Waals surface area contributed by atoms with Gasteiger partial charge in [-0.15, -0.1) is 0 Å². The maximum absolute atomic E-state index is 11.3. The van der Waals surface area contributed by atoms with Crippen molar-refractivity contribution in [2.24, 2.45) is 0 Å². The van der Waals surface area contributed by atoms with Gasteiger partial charge in [-0.1, -0.05) is 0 Å². The molecular formula is C8H6NO6S+2. The summed E-state index contributed by atoms with van der Waals surface area (Å²) in [7, 11) is -3.99. The van der Waals surface area contributed by atoms with Gasteiger partial charge in [0.05, 0.1) is 20.0 Å². The second kappa shape index (κ2) is 3.46. The van der Waals surface area contributed by atoms with Crippen molar-refractivity contribution >= 4 is 22.4 Å². The number of quaternary nitrogens is 1. The highest BCUT2D eigenvalue weighted by atomic mass is 32.3. The largest absolute Gasteiger partial charge is 0.482 e.